The minimum absolute atomic E-state index is 0.103. The first kappa shape index (κ1) is 10.5. The van der Waals surface area contributed by atoms with Gasteiger partial charge in [0, 0.05) is 4.88 Å². The van der Waals surface area contributed by atoms with Crippen LogP contribution in [0.2, 0.25) is 5.02 Å². The van der Waals surface area contributed by atoms with Gasteiger partial charge >= 0.3 is 0 Å². The van der Waals surface area contributed by atoms with Gasteiger partial charge in [-0.05, 0) is 40.3 Å². The standard InChI is InChI=1S/C10H8Cl2S2/c1-6-4-13-5-7(6)9(12)10-8(11)2-3-14-10/h2-5,9H,1H3. The summed E-state index contributed by atoms with van der Waals surface area (Å²) in [7, 11) is 0. The largest absolute Gasteiger partial charge is 0.152 e. The summed E-state index contributed by atoms with van der Waals surface area (Å²) in [5.74, 6) is 0. The Labute approximate surface area is 101 Å². The fourth-order valence-corrected chi connectivity index (χ4v) is 3.93. The third-order valence-corrected chi connectivity index (χ3v) is 4.93. The SMILES string of the molecule is Cc1cscc1C(Cl)c1sccc1Cl. The summed E-state index contributed by atoms with van der Waals surface area (Å²) < 4.78 is 0. The van der Waals surface area contributed by atoms with Crippen molar-refractivity contribution in [1.29, 1.82) is 0 Å². The summed E-state index contributed by atoms with van der Waals surface area (Å²) >= 11 is 15.7. The maximum atomic E-state index is 6.36. The monoisotopic (exact) mass is 262 g/mol. The van der Waals surface area contributed by atoms with Gasteiger partial charge in [-0.2, -0.15) is 11.3 Å². The van der Waals surface area contributed by atoms with Crippen molar-refractivity contribution in [3.8, 4) is 0 Å². The Bertz CT molecular complexity index is 391. The summed E-state index contributed by atoms with van der Waals surface area (Å²) in [4.78, 5) is 1.04. The highest BCUT2D eigenvalue weighted by atomic mass is 35.5. The highest BCUT2D eigenvalue weighted by molar-refractivity contribution is 7.11. The molecule has 0 aliphatic carbocycles. The van der Waals surface area contributed by atoms with Gasteiger partial charge in [-0.3, -0.25) is 0 Å². The van der Waals surface area contributed by atoms with Crippen LogP contribution in [0.5, 0.6) is 0 Å². The van der Waals surface area contributed by atoms with E-state index < -0.39 is 0 Å². The predicted octanol–water partition coefficient (Wildman–Crippen LogP) is 5.10. The lowest BCUT2D eigenvalue weighted by Gasteiger charge is -2.07. The quantitative estimate of drug-likeness (QED) is 0.661. The van der Waals surface area contributed by atoms with Gasteiger partial charge in [0.1, 0.15) is 0 Å². The molecular weight excluding hydrogens is 255 g/mol. The van der Waals surface area contributed by atoms with Crippen LogP contribution in [-0.2, 0) is 0 Å². The first-order valence-corrected chi connectivity index (χ1v) is 6.73. The lowest BCUT2D eigenvalue weighted by Crippen LogP contribution is -1.90. The zero-order valence-corrected chi connectivity index (χ0v) is 10.6. The number of thiophene rings is 2. The van der Waals surface area contributed by atoms with Crippen LogP contribution in [0, 0.1) is 6.92 Å². The molecule has 0 bridgehead atoms. The maximum absolute atomic E-state index is 6.36. The smallest absolute Gasteiger partial charge is 0.0953 e. The minimum Gasteiger partial charge on any atom is -0.152 e. The van der Waals surface area contributed by atoms with Crippen LogP contribution in [0.15, 0.2) is 22.2 Å². The molecule has 0 N–H and O–H groups in total. The second-order valence-electron chi connectivity index (χ2n) is 3.01. The van der Waals surface area contributed by atoms with Crippen LogP contribution in [0.4, 0.5) is 0 Å². The van der Waals surface area contributed by atoms with Crippen LogP contribution >= 0.6 is 45.9 Å². The van der Waals surface area contributed by atoms with E-state index >= 15 is 0 Å². The molecule has 0 saturated carbocycles. The lowest BCUT2D eigenvalue weighted by atomic mass is 10.1. The first-order valence-electron chi connectivity index (χ1n) is 4.10. The Hall–Kier alpha value is -0.0200. The summed E-state index contributed by atoms with van der Waals surface area (Å²) in [6.07, 6.45) is 0. The van der Waals surface area contributed by atoms with Gasteiger partial charge in [0.05, 0.1) is 10.4 Å². The molecule has 0 spiro atoms. The van der Waals surface area contributed by atoms with Crippen molar-refractivity contribution in [2.75, 3.05) is 0 Å². The predicted molar refractivity (Wildman–Crippen MR) is 66.1 cm³/mol. The van der Waals surface area contributed by atoms with Crippen LogP contribution in [0.1, 0.15) is 21.4 Å². The Morgan fingerprint density at radius 3 is 2.64 bits per heavy atom. The highest BCUT2D eigenvalue weighted by Crippen LogP contribution is 2.39. The molecule has 14 heavy (non-hydrogen) atoms. The van der Waals surface area contributed by atoms with Gasteiger partial charge < -0.3 is 0 Å². The number of alkyl halides is 1. The van der Waals surface area contributed by atoms with E-state index in [9.17, 15) is 0 Å². The van der Waals surface area contributed by atoms with Crippen molar-refractivity contribution in [3.05, 3.63) is 43.2 Å². The molecule has 0 saturated heterocycles. The molecule has 74 valence electrons. The second-order valence-corrected chi connectivity index (χ2v) is 5.54. The Balaban J connectivity index is 2.38. The van der Waals surface area contributed by atoms with Crippen molar-refractivity contribution in [2.45, 2.75) is 12.3 Å². The molecule has 2 heterocycles. The van der Waals surface area contributed by atoms with E-state index in [0.29, 0.717) is 0 Å². The zero-order valence-electron chi connectivity index (χ0n) is 7.46. The van der Waals surface area contributed by atoms with E-state index in [4.69, 9.17) is 23.2 Å². The normalized spacial score (nSPS) is 13.1. The van der Waals surface area contributed by atoms with E-state index in [-0.39, 0.29) is 5.38 Å². The van der Waals surface area contributed by atoms with Crippen molar-refractivity contribution >= 4 is 45.9 Å². The summed E-state index contributed by atoms with van der Waals surface area (Å²) in [5.41, 5.74) is 2.40. The van der Waals surface area contributed by atoms with E-state index in [0.717, 1.165) is 9.90 Å². The third-order valence-electron chi connectivity index (χ3n) is 2.04. The molecule has 0 amide bonds. The van der Waals surface area contributed by atoms with Crippen molar-refractivity contribution in [2.24, 2.45) is 0 Å². The van der Waals surface area contributed by atoms with E-state index in [1.54, 1.807) is 22.7 Å². The average molecular weight is 263 g/mol. The van der Waals surface area contributed by atoms with Crippen LogP contribution in [0.25, 0.3) is 0 Å². The Morgan fingerprint density at radius 1 is 1.36 bits per heavy atom. The van der Waals surface area contributed by atoms with Crippen molar-refractivity contribution in [1.82, 2.24) is 0 Å². The molecule has 1 atom stereocenters. The topological polar surface area (TPSA) is 0 Å². The van der Waals surface area contributed by atoms with Gasteiger partial charge in [0.2, 0.25) is 0 Å². The molecule has 0 aromatic carbocycles. The Morgan fingerprint density at radius 2 is 2.14 bits per heavy atom. The zero-order chi connectivity index (χ0) is 10.1. The van der Waals surface area contributed by atoms with E-state index in [1.165, 1.54) is 11.1 Å². The van der Waals surface area contributed by atoms with Crippen LogP contribution in [0.3, 0.4) is 0 Å². The fraction of sp³-hybridized carbons (Fsp3) is 0.200. The molecule has 4 heteroatoms. The molecule has 2 aromatic heterocycles. The lowest BCUT2D eigenvalue weighted by molar-refractivity contribution is 1.17. The number of rotatable bonds is 2. The molecule has 0 fully saturated rings. The third kappa shape index (κ3) is 1.84. The van der Waals surface area contributed by atoms with E-state index in [2.05, 4.69) is 17.7 Å². The average Bonchev–Trinajstić information content (AvgIpc) is 2.73. The van der Waals surface area contributed by atoms with Gasteiger partial charge in [0.25, 0.3) is 0 Å². The van der Waals surface area contributed by atoms with Gasteiger partial charge in [0.15, 0.2) is 0 Å². The highest BCUT2D eigenvalue weighted by Gasteiger charge is 2.17. The molecule has 0 radical (unpaired) electrons. The Kier molecular flexibility index (Phi) is 3.17. The first-order chi connectivity index (χ1) is 6.70. The molecule has 0 aliphatic heterocycles. The molecule has 0 aliphatic rings. The molecule has 2 aromatic rings. The van der Waals surface area contributed by atoms with Crippen LogP contribution < -0.4 is 0 Å². The summed E-state index contributed by atoms with van der Waals surface area (Å²) in [6.45, 7) is 2.07. The van der Waals surface area contributed by atoms with Gasteiger partial charge in [-0.15, -0.1) is 22.9 Å². The molecule has 0 nitrogen and oxygen atoms in total. The van der Waals surface area contributed by atoms with E-state index in [1.807, 2.05) is 11.4 Å². The summed E-state index contributed by atoms with van der Waals surface area (Å²) in [5, 5.41) is 6.82. The van der Waals surface area contributed by atoms with Gasteiger partial charge in [-0.25, -0.2) is 0 Å². The van der Waals surface area contributed by atoms with Crippen molar-refractivity contribution < 1.29 is 0 Å². The van der Waals surface area contributed by atoms with Gasteiger partial charge in [-0.1, -0.05) is 11.6 Å². The maximum Gasteiger partial charge on any atom is 0.0953 e. The molecular formula is C10H8Cl2S2. The number of hydrogen-bond acceptors (Lipinski definition) is 2. The number of aryl methyl sites for hydroxylation is 1. The summed E-state index contributed by atoms with van der Waals surface area (Å²) in [6, 6.07) is 1.89. The minimum atomic E-state index is -0.103. The number of halogens is 2. The second kappa shape index (κ2) is 4.23. The van der Waals surface area contributed by atoms with Crippen molar-refractivity contribution in [3.63, 3.8) is 0 Å². The fourth-order valence-electron chi connectivity index (χ4n) is 1.26. The molecule has 2 rings (SSSR count). The van der Waals surface area contributed by atoms with Crippen LogP contribution in [-0.4, -0.2) is 0 Å². The molecule has 1 unspecified atom stereocenters. The number of hydrogen-bond donors (Lipinski definition) is 0.